The van der Waals surface area contributed by atoms with E-state index in [1.54, 1.807) is 0 Å². The van der Waals surface area contributed by atoms with Gasteiger partial charge >= 0.3 is 7.82 Å². The Morgan fingerprint density at radius 3 is 1.26 bits per heavy atom. The zero-order valence-electron chi connectivity index (χ0n) is 35.8. The van der Waals surface area contributed by atoms with Crippen molar-refractivity contribution < 1.29 is 59.0 Å². The molecule has 9 N–H and O–H groups in total. The number of aliphatic hydroxyl groups is 7. The Labute approximate surface area is 345 Å². The van der Waals surface area contributed by atoms with Gasteiger partial charge in [0.25, 0.3) is 0 Å². The molecular formula is C43H86NO12P. The second kappa shape index (κ2) is 34.0. The maximum atomic E-state index is 12.9. The highest BCUT2D eigenvalue weighted by atomic mass is 31.2. The van der Waals surface area contributed by atoms with E-state index in [0.29, 0.717) is 12.8 Å². The fraction of sp³-hybridized carbons (Fsp3) is 0.977. The van der Waals surface area contributed by atoms with Gasteiger partial charge < -0.3 is 46.0 Å². The second-order valence-corrected chi connectivity index (χ2v) is 18.2. The zero-order chi connectivity index (χ0) is 42.3. The second-order valence-electron chi connectivity index (χ2n) is 16.8. The lowest BCUT2D eigenvalue weighted by Crippen LogP contribution is -2.64. The van der Waals surface area contributed by atoms with Crippen molar-refractivity contribution in [2.24, 2.45) is 0 Å². The lowest BCUT2D eigenvalue weighted by atomic mass is 9.85. The molecule has 1 aliphatic carbocycles. The van der Waals surface area contributed by atoms with E-state index in [4.69, 9.17) is 9.05 Å². The summed E-state index contributed by atoms with van der Waals surface area (Å²) in [5.41, 5.74) is 0. The van der Waals surface area contributed by atoms with Crippen LogP contribution >= 0.6 is 7.82 Å². The van der Waals surface area contributed by atoms with Crippen LogP contribution in [0.1, 0.15) is 206 Å². The summed E-state index contributed by atoms with van der Waals surface area (Å²) in [7, 11) is -5.10. The molecule has 0 aliphatic heterocycles. The predicted octanol–water partition coefficient (Wildman–Crippen LogP) is 7.26. The fourth-order valence-electron chi connectivity index (χ4n) is 7.66. The lowest BCUT2D eigenvalue weighted by Gasteiger charge is -2.41. The molecule has 57 heavy (non-hydrogen) atoms. The number of carbonyl (C=O) groups excluding carboxylic acids is 1. The Balaban J connectivity index is 2.37. The highest BCUT2D eigenvalue weighted by molar-refractivity contribution is 7.47. The number of phosphoric acid groups is 1. The van der Waals surface area contributed by atoms with Gasteiger partial charge in [0.15, 0.2) is 0 Å². The summed E-state index contributed by atoms with van der Waals surface area (Å²) in [6.45, 7) is 3.72. The molecule has 1 fully saturated rings. The molecule has 1 amide bonds. The molecule has 0 radical (unpaired) electrons. The number of carbonyl (C=O) groups is 1. The molecular weight excluding hydrogens is 753 g/mol. The lowest BCUT2D eigenvalue weighted by molar-refractivity contribution is -0.220. The first-order chi connectivity index (χ1) is 27.3. The molecule has 1 aliphatic rings. The number of rotatable bonds is 38. The first-order valence-electron chi connectivity index (χ1n) is 23.1. The molecule has 1 saturated carbocycles. The quantitative estimate of drug-likeness (QED) is 0.0221. The molecule has 0 aromatic rings. The van der Waals surface area contributed by atoms with Crippen molar-refractivity contribution in [1.82, 2.24) is 5.32 Å². The van der Waals surface area contributed by atoms with Gasteiger partial charge in [-0.05, 0) is 12.8 Å². The largest absolute Gasteiger partial charge is 0.472 e. The van der Waals surface area contributed by atoms with Gasteiger partial charge in [-0.1, -0.05) is 187 Å². The number of hydrogen-bond donors (Lipinski definition) is 9. The van der Waals surface area contributed by atoms with Crippen LogP contribution in [0.5, 0.6) is 0 Å². The summed E-state index contributed by atoms with van der Waals surface area (Å²) in [4.78, 5) is 23.3. The summed E-state index contributed by atoms with van der Waals surface area (Å²) in [6, 6.07) is -1.15. The highest BCUT2D eigenvalue weighted by Gasteiger charge is 2.51. The molecule has 1 rings (SSSR count). The van der Waals surface area contributed by atoms with Crippen LogP contribution in [0.3, 0.4) is 0 Å². The molecule has 0 bridgehead atoms. The Bertz CT molecular complexity index is 995. The van der Waals surface area contributed by atoms with Crippen LogP contribution in [0.15, 0.2) is 0 Å². The van der Waals surface area contributed by atoms with Gasteiger partial charge in [-0.2, -0.15) is 0 Å². The van der Waals surface area contributed by atoms with Crippen LogP contribution in [0.2, 0.25) is 0 Å². The molecule has 0 heterocycles. The number of amides is 1. The maximum absolute atomic E-state index is 12.9. The number of aliphatic hydroxyl groups excluding tert-OH is 7. The Kier molecular flexibility index (Phi) is 32.4. The van der Waals surface area contributed by atoms with Gasteiger partial charge in [-0.3, -0.25) is 13.8 Å². The van der Waals surface area contributed by atoms with Gasteiger partial charge in [0.1, 0.15) is 36.6 Å². The van der Waals surface area contributed by atoms with Crippen molar-refractivity contribution in [3.63, 3.8) is 0 Å². The number of hydrogen-bond acceptors (Lipinski definition) is 11. The summed E-state index contributed by atoms with van der Waals surface area (Å²) >= 11 is 0. The summed E-state index contributed by atoms with van der Waals surface area (Å²) < 4.78 is 22.8. The number of phosphoric ester groups is 1. The van der Waals surface area contributed by atoms with Crippen LogP contribution < -0.4 is 5.32 Å². The molecule has 0 saturated heterocycles. The normalized spacial score (nSPS) is 23.9. The van der Waals surface area contributed by atoms with E-state index < -0.39 is 75.2 Å². The smallest absolute Gasteiger partial charge is 0.393 e. The van der Waals surface area contributed by atoms with Crippen molar-refractivity contribution in [2.45, 2.75) is 261 Å². The van der Waals surface area contributed by atoms with Crippen LogP contribution in [0.4, 0.5) is 0 Å². The molecule has 8 atom stereocenters. The van der Waals surface area contributed by atoms with E-state index in [0.717, 1.165) is 64.2 Å². The molecule has 14 heteroatoms. The highest BCUT2D eigenvalue weighted by Crippen LogP contribution is 2.47. The summed E-state index contributed by atoms with van der Waals surface area (Å²) in [5, 5.41) is 74.3. The summed E-state index contributed by atoms with van der Waals surface area (Å²) in [5.74, 6) is -0.560. The molecule has 340 valence electrons. The average Bonchev–Trinajstić information content (AvgIpc) is 3.18. The molecule has 13 nitrogen and oxygen atoms in total. The van der Waals surface area contributed by atoms with Crippen molar-refractivity contribution in [1.29, 1.82) is 0 Å². The third kappa shape index (κ3) is 26.3. The van der Waals surface area contributed by atoms with Gasteiger partial charge in [-0.15, -0.1) is 0 Å². The van der Waals surface area contributed by atoms with E-state index >= 15 is 0 Å². The molecule has 0 spiro atoms. The van der Waals surface area contributed by atoms with Gasteiger partial charge in [0, 0.05) is 0 Å². The number of unbranched alkanes of at least 4 members (excludes halogenated alkanes) is 25. The molecule has 0 aromatic carbocycles. The van der Waals surface area contributed by atoms with Crippen LogP contribution in [0, 0.1) is 0 Å². The first kappa shape index (κ1) is 54.3. The Morgan fingerprint density at radius 1 is 0.544 bits per heavy atom. The predicted molar refractivity (Wildman–Crippen MR) is 224 cm³/mol. The van der Waals surface area contributed by atoms with Crippen LogP contribution in [-0.4, -0.2) is 108 Å². The van der Waals surface area contributed by atoms with Gasteiger partial charge in [0.05, 0.1) is 31.3 Å². The zero-order valence-corrected chi connectivity index (χ0v) is 36.7. The van der Waals surface area contributed by atoms with Gasteiger partial charge in [-0.25, -0.2) is 4.57 Å². The minimum atomic E-state index is -5.10. The minimum Gasteiger partial charge on any atom is -0.393 e. The van der Waals surface area contributed by atoms with E-state index in [9.17, 15) is 50.0 Å². The SMILES string of the molecule is CCCCCCCCCCCCCCCCCCCCCCC(O)CC(=O)NC(COP(=O)(O)OC1C(O)C(O)C(O)C(O)C1O)C(O)CCCCCCCCC. The van der Waals surface area contributed by atoms with Crippen molar-refractivity contribution in [2.75, 3.05) is 6.61 Å². The number of nitrogens with one attached hydrogen (secondary N) is 1. The average molecular weight is 840 g/mol. The fourth-order valence-corrected chi connectivity index (χ4v) is 8.62. The third-order valence-electron chi connectivity index (χ3n) is 11.5. The van der Waals surface area contributed by atoms with Crippen LogP contribution in [-0.2, 0) is 18.4 Å². The van der Waals surface area contributed by atoms with Crippen LogP contribution in [0.25, 0.3) is 0 Å². The van der Waals surface area contributed by atoms with Crippen molar-refractivity contribution in [3.05, 3.63) is 0 Å². The van der Waals surface area contributed by atoms with Crippen molar-refractivity contribution in [3.8, 4) is 0 Å². The van der Waals surface area contributed by atoms with Crippen molar-refractivity contribution >= 4 is 13.7 Å². The van der Waals surface area contributed by atoms with E-state index in [1.165, 1.54) is 103 Å². The molecule has 0 aromatic heterocycles. The molecule has 8 unspecified atom stereocenters. The summed E-state index contributed by atoms with van der Waals surface area (Å²) in [6.07, 6.45) is 19.2. The van der Waals surface area contributed by atoms with E-state index in [2.05, 4.69) is 19.2 Å². The first-order valence-corrected chi connectivity index (χ1v) is 24.6. The monoisotopic (exact) mass is 840 g/mol. The van der Waals surface area contributed by atoms with E-state index in [-0.39, 0.29) is 12.8 Å². The standard InChI is InChI=1S/C43H86NO12P/c1-3-5-7-9-11-12-13-14-15-16-17-18-19-20-21-22-23-25-26-28-30-34(45)32-37(47)44-35(36(46)31-29-27-24-10-8-6-4-2)33-55-57(53,54)56-43-41(51)39(49)38(48)40(50)42(43)52/h34-36,38-43,45-46,48-52H,3-33H2,1-2H3,(H,44,47)(H,53,54). The Morgan fingerprint density at radius 2 is 0.877 bits per heavy atom. The topological polar surface area (TPSA) is 226 Å². The minimum absolute atomic E-state index is 0.217. The Hall–Kier alpha value is -0.700. The maximum Gasteiger partial charge on any atom is 0.472 e. The van der Waals surface area contributed by atoms with E-state index in [1.807, 2.05) is 0 Å². The van der Waals surface area contributed by atoms with Gasteiger partial charge in [0.2, 0.25) is 5.91 Å². The third-order valence-corrected chi connectivity index (χ3v) is 12.5.